The molecule has 0 aliphatic rings. The van der Waals surface area contributed by atoms with Gasteiger partial charge >= 0.3 is 0 Å². The number of hydrogen-bond donors (Lipinski definition) is 1. The van der Waals surface area contributed by atoms with Crippen molar-refractivity contribution in [1.82, 2.24) is 9.29 Å². The lowest BCUT2D eigenvalue weighted by atomic mass is 10.1. The Morgan fingerprint density at radius 3 is 2.25 bits per heavy atom. The molecule has 1 N–H and O–H groups in total. The fourth-order valence-electron chi connectivity index (χ4n) is 3.03. The third-order valence-corrected chi connectivity index (χ3v) is 7.21. The van der Waals surface area contributed by atoms with E-state index in [1.165, 1.54) is 28.2 Å². The Kier molecular flexibility index (Phi) is 5.47. The zero-order valence-corrected chi connectivity index (χ0v) is 17.5. The van der Waals surface area contributed by atoms with Crippen LogP contribution in [0.1, 0.15) is 11.1 Å². The summed E-state index contributed by atoms with van der Waals surface area (Å²) in [6.45, 7) is 2.42. The van der Waals surface area contributed by atoms with Gasteiger partial charge in [-0.15, -0.1) is 0 Å². The number of benzene rings is 2. The average molecular weight is 419 g/mol. The molecule has 1 aromatic heterocycles. The van der Waals surface area contributed by atoms with Crippen LogP contribution in [0.15, 0.2) is 70.6 Å². The van der Waals surface area contributed by atoms with Gasteiger partial charge < -0.3 is 5.32 Å². The van der Waals surface area contributed by atoms with Crippen LogP contribution in [-0.4, -0.2) is 34.1 Å². The predicted octanol–water partition coefficient (Wildman–Crippen LogP) is 2.82. The summed E-state index contributed by atoms with van der Waals surface area (Å²) in [5.41, 5.74) is 3.09. The van der Waals surface area contributed by atoms with Crippen LogP contribution < -0.4 is 5.32 Å². The maximum absolute atomic E-state index is 13.4. The lowest BCUT2D eigenvalue weighted by Crippen LogP contribution is -2.14. The molecule has 0 amide bonds. The first-order chi connectivity index (χ1) is 13.1. The van der Waals surface area contributed by atoms with Crippen LogP contribution in [-0.2, 0) is 26.4 Å². The van der Waals surface area contributed by atoms with Gasteiger partial charge in [-0.2, -0.15) is 0 Å². The Hall–Kier alpha value is -2.42. The Morgan fingerprint density at radius 1 is 0.929 bits per heavy atom. The molecular formula is C20H22N2O4S2. The van der Waals surface area contributed by atoms with Crippen LogP contribution in [0, 0.1) is 6.92 Å². The van der Waals surface area contributed by atoms with Crippen molar-refractivity contribution >= 4 is 19.9 Å². The van der Waals surface area contributed by atoms with Gasteiger partial charge in [0.2, 0.25) is 0 Å². The number of nitrogens with one attached hydrogen (secondary N) is 1. The monoisotopic (exact) mass is 418 g/mol. The second-order valence-corrected chi connectivity index (χ2v) is 10.5. The molecule has 0 radical (unpaired) electrons. The van der Waals surface area contributed by atoms with Gasteiger partial charge in [0.25, 0.3) is 10.0 Å². The summed E-state index contributed by atoms with van der Waals surface area (Å²) in [4.78, 5) is -0.106. The smallest absolute Gasteiger partial charge is 0.268 e. The standard InChI is InChI=1S/C20H22N2O4S2/c1-15-7-4-5-10-19(15)20-11-16(13-21-2)14-22(20)28(25,26)18-9-6-8-17(12-18)27(3,23)24/h4-12,14,21H,13H2,1-3H3. The first-order valence-electron chi connectivity index (χ1n) is 8.62. The quantitative estimate of drug-likeness (QED) is 0.665. The van der Waals surface area contributed by atoms with Crippen molar-refractivity contribution in [2.45, 2.75) is 23.3 Å². The molecule has 8 heteroatoms. The lowest BCUT2D eigenvalue weighted by Gasteiger charge is -2.13. The molecule has 3 aromatic rings. The van der Waals surface area contributed by atoms with Crippen LogP contribution in [0.4, 0.5) is 0 Å². The summed E-state index contributed by atoms with van der Waals surface area (Å²) in [5.74, 6) is 0. The highest BCUT2D eigenvalue weighted by atomic mass is 32.2. The van der Waals surface area contributed by atoms with Crippen LogP contribution in [0.25, 0.3) is 11.3 Å². The normalized spacial score (nSPS) is 12.2. The van der Waals surface area contributed by atoms with Crippen molar-refractivity contribution < 1.29 is 16.8 Å². The van der Waals surface area contributed by atoms with Crippen molar-refractivity contribution in [2.24, 2.45) is 0 Å². The molecule has 0 unspecified atom stereocenters. The highest BCUT2D eigenvalue weighted by Gasteiger charge is 2.23. The SMILES string of the molecule is CNCc1cc(-c2ccccc2C)n(S(=O)(=O)c2cccc(S(C)(=O)=O)c2)c1. The summed E-state index contributed by atoms with van der Waals surface area (Å²) in [6.07, 6.45) is 2.62. The third kappa shape index (κ3) is 3.89. The van der Waals surface area contributed by atoms with Crippen LogP contribution in [0.3, 0.4) is 0 Å². The van der Waals surface area contributed by atoms with Gasteiger partial charge in [-0.05, 0) is 49.4 Å². The summed E-state index contributed by atoms with van der Waals surface area (Å²) in [5, 5.41) is 3.02. The molecule has 3 rings (SSSR count). The second-order valence-electron chi connectivity index (χ2n) is 6.63. The highest BCUT2D eigenvalue weighted by Crippen LogP contribution is 2.30. The molecule has 6 nitrogen and oxygen atoms in total. The minimum absolute atomic E-state index is 0.0337. The maximum atomic E-state index is 13.4. The Labute approximate surface area is 165 Å². The summed E-state index contributed by atoms with van der Waals surface area (Å²) >= 11 is 0. The van der Waals surface area contributed by atoms with E-state index in [0.717, 1.165) is 22.9 Å². The van der Waals surface area contributed by atoms with Gasteiger partial charge in [0.15, 0.2) is 9.84 Å². The molecule has 0 bridgehead atoms. The third-order valence-electron chi connectivity index (χ3n) is 4.44. The molecule has 0 atom stereocenters. The van der Waals surface area contributed by atoms with Crippen molar-refractivity contribution in [1.29, 1.82) is 0 Å². The van der Waals surface area contributed by atoms with Crippen LogP contribution in [0.2, 0.25) is 0 Å². The number of aryl methyl sites for hydroxylation is 1. The van der Waals surface area contributed by atoms with E-state index in [-0.39, 0.29) is 9.79 Å². The molecule has 0 fully saturated rings. The van der Waals surface area contributed by atoms with Gasteiger partial charge in [-0.3, -0.25) is 0 Å². The zero-order valence-electron chi connectivity index (χ0n) is 15.9. The minimum Gasteiger partial charge on any atom is -0.316 e. The predicted molar refractivity (Wildman–Crippen MR) is 110 cm³/mol. The van der Waals surface area contributed by atoms with Gasteiger partial charge in [-0.1, -0.05) is 30.3 Å². The van der Waals surface area contributed by atoms with Gasteiger partial charge in [0.05, 0.1) is 15.5 Å². The Bertz CT molecular complexity index is 1230. The first-order valence-corrected chi connectivity index (χ1v) is 12.0. The lowest BCUT2D eigenvalue weighted by molar-refractivity contribution is 0.587. The van der Waals surface area contributed by atoms with Crippen LogP contribution >= 0.6 is 0 Å². The summed E-state index contributed by atoms with van der Waals surface area (Å²) in [7, 11) is -5.73. The summed E-state index contributed by atoms with van der Waals surface area (Å²) in [6, 6.07) is 14.8. The van der Waals surface area contributed by atoms with E-state index in [9.17, 15) is 16.8 Å². The van der Waals surface area contributed by atoms with Crippen molar-refractivity contribution in [3.05, 3.63) is 71.9 Å². The van der Waals surface area contributed by atoms with E-state index in [2.05, 4.69) is 5.32 Å². The zero-order chi connectivity index (χ0) is 20.5. The molecule has 0 aliphatic heterocycles. The Morgan fingerprint density at radius 2 is 1.61 bits per heavy atom. The molecule has 1 heterocycles. The van der Waals surface area contributed by atoms with Gasteiger partial charge in [0.1, 0.15) is 0 Å². The van der Waals surface area contributed by atoms with E-state index >= 15 is 0 Å². The van der Waals surface area contributed by atoms with E-state index < -0.39 is 19.9 Å². The van der Waals surface area contributed by atoms with E-state index in [0.29, 0.717) is 12.2 Å². The number of sulfone groups is 1. The number of aromatic nitrogens is 1. The fourth-order valence-corrected chi connectivity index (χ4v) is 5.21. The minimum atomic E-state index is -3.99. The number of hydrogen-bond acceptors (Lipinski definition) is 5. The molecule has 0 aliphatic carbocycles. The van der Waals surface area contributed by atoms with Crippen molar-refractivity contribution in [2.75, 3.05) is 13.3 Å². The largest absolute Gasteiger partial charge is 0.316 e. The molecule has 0 saturated heterocycles. The molecule has 28 heavy (non-hydrogen) atoms. The van der Waals surface area contributed by atoms with E-state index in [1.54, 1.807) is 13.2 Å². The van der Waals surface area contributed by atoms with Crippen molar-refractivity contribution in [3.63, 3.8) is 0 Å². The molecular weight excluding hydrogens is 396 g/mol. The van der Waals surface area contributed by atoms with E-state index in [1.807, 2.05) is 37.3 Å². The van der Waals surface area contributed by atoms with Gasteiger partial charge in [-0.25, -0.2) is 20.8 Å². The summed E-state index contributed by atoms with van der Waals surface area (Å²) < 4.78 is 51.7. The second kappa shape index (κ2) is 7.54. The topological polar surface area (TPSA) is 85.2 Å². The van der Waals surface area contributed by atoms with Crippen molar-refractivity contribution in [3.8, 4) is 11.3 Å². The molecule has 148 valence electrons. The molecule has 2 aromatic carbocycles. The Balaban J connectivity index is 2.24. The maximum Gasteiger partial charge on any atom is 0.268 e. The van der Waals surface area contributed by atoms with Gasteiger partial charge in [0, 0.05) is 24.6 Å². The fraction of sp³-hybridized carbons (Fsp3) is 0.200. The molecule has 0 saturated carbocycles. The number of rotatable bonds is 6. The average Bonchev–Trinajstić information content (AvgIpc) is 3.06. The van der Waals surface area contributed by atoms with E-state index in [4.69, 9.17) is 0 Å². The molecule has 0 spiro atoms. The highest BCUT2D eigenvalue weighted by molar-refractivity contribution is 7.91. The van der Waals surface area contributed by atoms with Crippen LogP contribution in [0.5, 0.6) is 0 Å². The number of nitrogens with zero attached hydrogens (tertiary/aromatic N) is 1. The first kappa shape index (κ1) is 20.3.